The molecule has 0 radical (unpaired) electrons. The first-order valence-electron chi connectivity index (χ1n) is 5.90. The van der Waals surface area contributed by atoms with E-state index in [9.17, 15) is 0 Å². The number of methoxy groups -OCH3 is 1. The molecule has 18 heavy (non-hydrogen) atoms. The minimum atomic E-state index is 0.783. The molecule has 0 spiro atoms. The van der Waals surface area contributed by atoms with Gasteiger partial charge in [-0.3, -0.25) is 4.98 Å². The standard InChI is InChI=1S/C14H18N2OS/c1-9-5-12(18-11(9)3)7-16-13-6-10(2)15-8-14(13)17-4/h5-6,8H,7H2,1-4H3,(H,15,16). The second kappa shape index (κ2) is 5.40. The maximum atomic E-state index is 5.30. The summed E-state index contributed by atoms with van der Waals surface area (Å²) in [6, 6.07) is 4.24. The Morgan fingerprint density at radius 3 is 2.67 bits per heavy atom. The number of hydrogen-bond acceptors (Lipinski definition) is 4. The third-order valence-electron chi connectivity index (χ3n) is 2.89. The third kappa shape index (κ3) is 2.82. The lowest BCUT2D eigenvalue weighted by atomic mass is 10.2. The Balaban J connectivity index is 2.12. The molecule has 1 N–H and O–H groups in total. The zero-order chi connectivity index (χ0) is 13.1. The molecule has 96 valence electrons. The van der Waals surface area contributed by atoms with Crippen LogP contribution >= 0.6 is 11.3 Å². The predicted octanol–water partition coefficient (Wildman–Crippen LogP) is 3.69. The predicted molar refractivity (Wildman–Crippen MR) is 76.6 cm³/mol. The van der Waals surface area contributed by atoms with Crippen LogP contribution in [0.3, 0.4) is 0 Å². The Labute approximate surface area is 112 Å². The van der Waals surface area contributed by atoms with Crippen molar-refractivity contribution in [3.05, 3.63) is 39.3 Å². The van der Waals surface area contributed by atoms with Crippen LogP contribution in [0.2, 0.25) is 0 Å². The molecule has 0 fully saturated rings. The molecule has 0 saturated heterocycles. The van der Waals surface area contributed by atoms with Gasteiger partial charge in [-0.15, -0.1) is 11.3 Å². The largest absolute Gasteiger partial charge is 0.493 e. The van der Waals surface area contributed by atoms with E-state index in [0.29, 0.717) is 0 Å². The number of hydrogen-bond donors (Lipinski definition) is 1. The summed E-state index contributed by atoms with van der Waals surface area (Å²) in [7, 11) is 1.66. The molecule has 0 aromatic carbocycles. The molecule has 0 bridgehead atoms. The molecule has 0 saturated carbocycles. The van der Waals surface area contributed by atoms with Crippen LogP contribution in [0.25, 0.3) is 0 Å². The van der Waals surface area contributed by atoms with E-state index in [0.717, 1.165) is 23.7 Å². The van der Waals surface area contributed by atoms with Gasteiger partial charge in [0.25, 0.3) is 0 Å². The first-order chi connectivity index (χ1) is 8.60. The van der Waals surface area contributed by atoms with Gasteiger partial charge in [-0.2, -0.15) is 0 Å². The Bertz CT molecular complexity index is 529. The first kappa shape index (κ1) is 12.9. The number of aryl methyl sites for hydroxylation is 3. The van der Waals surface area contributed by atoms with Crippen LogP contribution in [0.4, 0.5) is 5.69 Å². The van der Waals surface area contributed by atoms with Crippen molar-refractivity contribution in [1.29, 1.82) is 0 Å². The molecule has 2 rings (SSSR count). The van der Waals surface area contributed by atoms with E-state index in [1.807, 2.05) is 24.3 Å². The summed E-state index contributed by atoms with van der Waals surface area (Å²) in [5.74, 6) is 0.783. The number of aromatic nitrogens is 1. The van der Waals surface area contributed by atoms with Crippen molar-refractivity contribution in [3.63, 3.8) is 0 Å². The van der Waals surface area contributed by atoms with Crippen molar-refractivity contribution in [2.45, 2.75) is 27.3 Å². The van der Waals surface area contributed by atoms with Gasteiger partial charge in [0.15, 0.2) is 5.75 Å². The summed E-state index contributed by atoms with van der Waals surface area (Å²) < 4.78 is 5.30. The topological polar surface area (TPSA) is 34.1 Å². The molecule has 0 unspecified atom stereocenters. The molecular formula is C14H18N2OS. The maximum absolute atomic E-state index is 5.30. The number of nitrogens with zero attached hydrogens (tertiary/aromatic N) is 1. The molecule has 0 aliphatic rings. The zero-order valence-corrected chi connectivity index (χ0v) is 12.0. The number of rotatable bonds is 4. The van der Waals surface area contributed by atoms with Crippen molar-refractivity contribution in [2.75, 3.05) is 12.4 Å². The van der Waals surface area contributed by atoms with Gasteiger partial charge in [0.05, 0.1) is 19.0 Å². The summed E-state index contributed by atoms with van der Waals surface area (Å²) in [6.07, 6.45) is 1.75. The van der Waals surface area contributed by atoms with Crippen LogP contribution < -0.4 is 10.1 Å². The van der Waals surface area contributed by atoms with E-state index >= 15 is 0 Å². The molecule has 3 nitrogen and oxygen atoms in total. The number of ether oxygens (including phenoxy) is 1. The van der Waals surface area contributed by atoms with Gasteiger partial charge in [-0.05, 0) is 38.5 Å². The van der Waals surface area contributed by atoms with Gasteiger partial charge in [0, 0.05) is 22.0 Å². The van der Waals surface area contributed by atoms with Crippen molar-refractivity contribution in [1.82, 2.24) is 4.98 Å². The highest BCUT2D eigenvalue weighted by molar-refractivity contribution is 7.12. The van der Waals surface area contributed by atoms with Crippen LogP contribution in [0.1, 0.15) is 21.0 Å². The molecule has 0 atom stereocenters. The van der Waals surface area contributed by atoms with Crippen molar-refractivity contribution < 1.29 is 4.74 Å². The second-order valence-electron chi connectivity index (χ2n) is 4.33. The van der Waals surface area contributed by atoms with Gasteiger partial charge in [0.2, 0.25) is 0 Å². The highest BCUT2D eigenvalue weighted by Gasteiger charge is 2.05. The highest BCUT2D eigenvalue weighted by atomic mass is 32.1. The van der Waals surface area contributed by atoms with Crippen LogP contribution in [0.15, 0.2) is 18.3 Å². The van der Waals surface area contributed by atoms with E-state index in [4.69, 9.17) is 4.74 Å². The fourth-order valence-corrected chi connectivity index (χ4v) is 2.76. The normalized spacial score (nSPS) is 10.4. The molecule has 0 aliphatic carbocycles. The maximum Gasteiger partial charge on any atom is 0.160 e. The third-order valence-corrected chi connectivity index (χ3v) is 4.05. The lowest BCUT2D eigenvalue weighted by Gasteiger charge is -2.10. The number of anilines is 1. The second-order valence-corrected chi connectivity index (χ2v) is 5.67. The van der Waals surface area contributed by atoms with Crippen LogP contribution in [-0.2, 0) is 6.54 Å². The van der Waals surface area contributed by atoms with E-state index < -0.39 is 0 Å². The molecular weight excluding hydrogens is 244 g/mol. The first-order valence-corrected chi connectivity index (χ1v) is 6.72. The zero-order valence-electron chi connectivity index (χ0n) is 11.2. The summed E-state index contributed by atoms with van der Waals surface area (Å²) in [5, 5.41) is 3.41. The average molecular weight is 262 g/mol. The summed E-state index contributed by atoms with van der Waals surface area (Å²) in [6.45, 7) is 7.09. The Hall–Kier alpha value is -1.55. The van der Waals surface area contributed by atoms with E-state index in [-0.39, 0.29) is 0 Å². The lowest BCUT2D eigenvalue weighted by Crippen LogP contribution is -2.01. The molecule has 4 heteroatoms. The molecule has 2 aromatic rings. The van der Waals surface area contributed by atoms with Gasteiger partial charge >= 0.3 is 0 Å². The van der Waals surface area contributed by atoms with E-state index in [2.05, 4.69) is 30.2 Å². The minimum absolute atomic E-state index is 0.783. The van der Waals surface area contributed by atoms with Crippen LogP contribution in [0, 0.1) is 20.8 Å². The minimum Gasteiger partial charge on any atom is -0.493 e. The Kier molecular flexibility index (Phi) is 3.87. The van der Waals surface area contributed by atoms with Crippen molar-refractivity contribution in [2.24, 2.45) is 0 Å². The molecule has 0 aliphatic heterocycles. The van der Waals surface area contributed by atoms with Gasteiger partial charge in [-0.25, -0.2) is 0 Å². The number of pyridine rings is 1. The van der Waals surface area contributed by atoms with Crippen LogP contribution in [0.5, 0.6) is 5.75 Å². The molecule has 0 amide bonds. The van der Waals surface area contributed by atoms with Gasteiger partial charge in [0.1, 0.15) is 0 Å². The van der Waals surface area contributed by atoms with Crippen molar-refractivity contribution in [3.8, 4) is 5.75 Å². The van der Waals surface area contributed by atoms with E-state index in [1.165, 1.54) is 15.3 Å². The SMILES string of the molecule is COc1cnc(C)cc1NCc1cc(C)c(C)s1. The molecule has 2 heterocycles. The number of nitrogens with one attached hydrogen (secondary N) is 1. The van der Waals surface area contributed by atoms with Crippen LogP contribution in [-0.4, -0.2) is 12.1 Å². The Morgan fingerprint density at radius 1 is 1.28 bits per heavy atom. The summed E-state index contributed by atoms with van der Waals surface area (Å²) in [4.78, 5) is 6.94. The fourth-order valence-electron chi connectivity index (χ4n) is 1.77. The van der Waals surface area contributed by atoms with Crippen molar-refractivity contribution >= 4 is 17.0 Å². The molecule has 2 aromatic heterocycles. The average Bonchev–Trinajstić information content (AvgIpc) is 2.66. The summed E-state index contributed by atoms with van der Waals surface area (Å²) >= 11 is 1.83. The lowest BCUT2D eigenvalue weighted by molar-refractivity contribution is 0.414. The van der Waals surface area contributed by atoms with Gasteiger partial charge in [-0.1, -0.05) is 0 Å². The van der Waals surface area contributed by atoms with Gasteiger partial charge < -0.3 is 10.1 Å². The highest BCUT2D eigenvalue weighted by Crippen LogP contribution is 2.26. The number of thiophene rings is 1. The summed E-state index contributed by atoms with van der Waals surface area (Å²) in [5.41, 5.74) is 3.33. The quantitative estimate of drug-likeness (QED) is 0.912. The Morgan fingerprint density at radius 2 is 2.06 bits per heavy atom. The van der Waals surface area contributed by atoms with E-state index in [1.54, 1.807) is 13.3 Å². The fraction of sp³-hybridized carbons (Fsp3) is 0.357. The monoisotopic (exact) mass is 262 g/mol. The smallest absolute Gasteiger partial charge is 0.160 e.